The first-order chi connectivity index (χ1) is 8.65. The van der Waals surface area contributed by atoms with Gasteiger partial charge < -0.3 is 24.1 Å². The van der Waals surface area contributed by atoms with Crippen LogP contribution in [-0.2, 0) is 19.0 Å². The normalized spacial score (nSPS) is 21.7. The summed E-state index contributed by atoms with van der Waals surface area (Å²) in [6.45, 7) is -0.384. The molecule has 0 aromatic heterocycles. The summed E-state index contributed by atoms with van der Waals surface area (Å²) in [5.74, 6) is -0.566. The number of carboxylic acid groups (broad SMARTS) is 1. The quantitative estimate of drug-likeness (QED) is 0.857. The summed E-state index contributed by atoms with van der Waals surface area (Å²) < 4.78 is 20.9. The van der Waals surface area contributed by atoms with Crippen molar-refractivity contribution in [3.63, 3.8) is 0 Å². The van der Waals surface area contributed by atoms with E-state index >= 15 is 0 Å². The Hall–Kier alpha value is -1.63. The number of fused-ring (bicyclic) bond motifs is 1. The van der Waals surface area contributed by atoms with E-state index < -0.39 is 18.5 Å². The molecule has 0 fully saturated rings. The van der Waals surface area contributed by atoms with Crippen molar-refractivity contribution in [2.75, 3.05) is 20.8 Å². The highest BCUT2D eigenvalue weighted by atomic mass is 16.8. The Labute approximate surface area is 104 Å². The largest absolute Gasteiger partial charge is 0.482 e. The van der Waals surface area contributed by atoms with Gasteiger partial charge in [0.25, 0.3) is 0 Å². The number of carboxylic acids is 1. The predicted octanol–water partition coefficient (Wildman–Crippen LogP) is 1.47. The van der Waals surface area contributed by atoms with Crippen LogP contribution in [0, 0.1) is 0 Å². The highest BCUT2D eigenvalue weighted by Gasteiger charge is 2.32. The Bertz CT molecular complexity index is 444. The molecule has 1 aromatic rings. The summed E-state index contributed by atoms with van der Waals surface area (Å²) in [6, 6.07) is 5.15. The molecule has 6 nitrogen and oxygen atoms in total. The molecule has 0 spiro atoms. The summed E-state index contributed by atoms with van der Waals surface area (Å²) in [7, 11) is 3.07. The minimum Gasteiger partial charge on any atom is -0.482 e. The van der Waals surface area contributed by atoms with Crippen molar-refractivity contribution < 1.29 is 28.8 Å². The SMILES string of the molecule is COC1OC(OC)c2cc(OCC(=O)O)ccc21. The number of aliphatic carboxylic acids is 1. The second kappa shape index (κ2) is 5.34. The Morgan fingerprint density at radius 1 is 1.28 bits per heavy atom. The molecule has 0 saturated carbocycles. The summed E-state index contributed by atoms with van der Waals surface area (Å²) in [4.78, 5) is 10.4. The standard InChI is InChI=1S/C12H14O6/c1-15-11-8-4-3-7(17-6-10(13)14)5-9(8)12(16-2)18-11/h3-5,11-12H,6H2,1-2H3,(H,13,14). The molecule has 1 heterocycles. The molecule has 6 heteroatoms. The molecule has 0 radical (unpaired) electrons. The first kappa shape index (κ1) is 12.8. The van der Waals surface area contributed by atoms with E-state index in [9.17, 15) is 4.79 Å². The second-order valence-electron chi connectivity index (χ2n) is 3.74. The van der Waals surface area contributed by atoms with Crippen LogP contribution in [0.5, 0.6) is 5.75 Å². The smallest absolute Gasteiger partial charge is 0.341 e. The minimum absolute atomic E-state index is 0.384. The Kier molecular flexibility index (Phi) is 3.81. The van der Waals surface area contributed by atoms with Gasteiger partial charge in [0.1, 0.15) is 5.75 Å². The summed E-state index contributed by atoms with van der Waals surface area (Å²) in [5, 5.41) is 8.55. The second-order valence-corrected chi connectivity index (χ2v) is 3.74. The molecule has 2 rings (SSSR count). The fourth-order valence-corrected chi connectivity index (χ4v) is 1.83. The maximum Gasteiger partial charge on any atom is 0.341 e. The van der Waals surface area contributed by atoms with E-state index in [0.717, 1.165) is 11.1 Å². The van der Waals surface area contributed by atoms with Crippen LogP contribution in [0.25, 0.3) is 0 Å². The minimum atomic E-state index is -1.02. The fourth-order valence-electron chi connectivity index (χ4n) is 1.83. The van der Waals surface area contributed by atoms with E-state index in [1.54, 1.807) is 25.3 Å². The topological polar surface area (TPSA) is 74.2 Å². The van der Waals surface area contributed by atoms with E-state index in [0.29, 0.717) is 5.75 Å². The first-order valence-electron chi connectivity index (χ1n) is 5.35. The van der Waals surface area contributed by atoms with Gasteiger partial charge in [0.05, 0.1) is 0 Å². The lowest BCUT2D eigenvalue weighted by molar-refractivity contribution is -0.217. The molecule has 2 atom stereocenters. The summed E-state index contributed by atoms with van der Waals surface area (Å²) in [6.07, 6.45) is -1.00. The van der Waals surface area contributed by atoms with E-state index in [1.807, 2.05) is 0 Å². The molecule has 0 amide bonds. The average molecular weight is 254 g/mol. The van der Waals surface area contributed by atoms with Gasteiger partial charge in [-0.05, 0) is 18.2 Å². The molecular weight excluding hydrogens is 240 g/mol. The number of hydrogen-bond donors (Lipinski definition) is 1. The number of rotatable bonds is 5. The van der Waals surface area contributed by atoms with Gasteiger partial charge in [-0.2, -0.15) is 0 Å². The summed E-state index contributed by atoms with van der Waals surface area (Å²) >= 11 is 0. The van der Waals surface area contributed by atoms with E-state index in [4.69, 9.17) is 24.1 Å². The van der Waals surface area contributed by atoms with Crippen LogP contribution < -0.4 is 4.74 Å². The number of ether oxygens (including phenoxy) is 4. The predicted molar refractivity (Wildman–Crippen MR) is 60.2 cm³/mol. The van der Waals surface area contributed by atoms with Gasteiger partial charge in [-0.25, -0.2) is 4.79 Å². The molecule has 0 saturated heterocycles. The third-order valence-corrected chi connectivity index (χ3v) is 2.60. The molecule has 2 unspecified atom stereocenters. The molecule has 1 N–H and O–H groups in total. The molecule has 1 aromatic carbocycles. The van der Waals surface area contributed by atoms with Crippen LogP contribution in [-0.4, -0.2) is 31.9 Å². The Balaban J connectivity index is 2.22. The van der Waals surface area contributed by atoms with Crippen LogP contribution in [0.15, 0.2) is 18.2 Å². The van der Waals surface area contributed by atoms with Gasteiger partial charge >= 0.3 is 5.97 Å². The van der Waals surface area contributed by atoms with Gasteiger partial charge in [0, 0.05) is 25.3 Å². The summed E-state index contributed by atoms with van der Waals surface area (Å²) in [5.41, 5.74) is 1.64. The fraction of sp³-hybridized carbons (Fsp3) is 0.417. The molecule has 0 bridgehead atoms. The Morgan fingerprint density at radius 3 is 2.56 bits per heavy atom. The maximum absolute atomic E-state index is 10.4. The Morgan fingerprint density at radius 2 is 1.94 bits per heavy atom. The lowest BCUT2D eigenvalue weighted by atomic mass is 10.1. The first-order valence-corrected chi connectivity index (χ1v) is 5.35. The molecule has 18 heavy (non-hydrogen) atoms. The monoisotopic (exact) mass is 254 g/mol. The van der Waals surface area contributed by atoms with E-state index in [1.165, 1.54) is 7.11 Å². The van der Waals surface area contributed by atoms with Crippen molar-refractivity contribution in [2.45, 2.75) is 12.6 Å². The van der Waals surface area contributed by atoms with Crippen LogP contribution in [0.1, 0.15) is 23.7 Å². The zero-order valence-corrected chi connectivity index (χ0v) is 10.1. The van der Waals surface area contributed by atoms with Crippen molar-refractivity contribution in [3.8, 4) is 5.75 Å². The lowest BCUT2D eigenvalue weighted by Crippen LogP contribution is -2.09. The van der Waals surface area contributed by atoms with Crippen LogP contribution >= 0.6 is 0 Å². The zero-order valence-electron chi connectivity index (χ0n) is 10.1. The third-order valence-electron chi connectivity index (χ3n) is 2.60. The van der Waals surface area contributed by atoms with Gasteiger partial charge in [-0.3, -0.25) is 0 Å². The van der Waals surface area contributed by atoms with Gasteiger partial charge in [0.2, 0.25) is 0 Å². The van der Waals surface area contributed by atoms with Crippen LogP contribution in [0.3, 0.4) is 0 Å². The van der Waals surface area contributed by atoms with Crippen molar-refractivity contribution in [2.24, 2.45) is 0 Å². The molecule has 98 valence electrons. The number of hydrogen-bond acceptors (Lipinski definition) is 5. The maximum atomic E-state index is 10.4. The van der Waals surface area contributed by atoms with Gasteiger partial charge in [0.15, 0.2) is 19.2 Å². The van der Waals surface area contributed by atoms with E-state index in [-0.39, 0.29) is 6.61 Å². The van der Waals surface area contributed by atoms with Gasteiger partial charge in [-0.15, -0.1) is 0 Å². The van der Waals surface area contributed by atoms with E-state index in [2.05, 4.69) is 0 Å². The molecule has 1 aliphatic heterocycles. The highest BCUT2D eigenvalue weighted by Crippen LogP contribution is 2.41. The molecule has 0 aliphatic carbocycles. The third kappa shape index (κ3) is 2.45. The van der Waals surface area contributed by atoms with Crippen LogP contribution in [0.2, 0.25) is 0 Å². The van der Waals surface area contributed by atoms with Gasteiger partial charge in [-0.1, -0.05) is 0 Å². The molecular formula is C12H14O6. The van der Waals surface area contributed by atoms with Crippen molar-refractivity contribution >= 4 is 5.97 Å². The van der Waals surface area contributed by atoms with Crippen LogP contribution in [0.4, 0.5) is 0 Å². The highest BCUT2D eigenvalue weighted by molar-refractivity contribution is 5.68. The number of methoxy groups -OCH3 is 2. The zero-order chi connectivity index (χ0) is 13.1. The molecule has 1 aliphatic rings. The average Bonchev–Trinajstić information content (AvgIpc) is 2.73. The van der Waals surface area contributed by atoms with Crippen molar-refractivity contribution in [3.05, 3.63) is 29.3 Å². The van der Waals surface area contributed by atoms with Crippen molar-refractivity contribution in [1.29, 1.82) is 0 Å². The number of carbonyl (C=O) groups is 1. The number of benzene rings is 1. The lowest BCUT2D eigenvalue weighted by Gasteiger charge is -2.10. The van der Waals surface area contributed by atoms with Crippen molar-refractivity contribution in [1.82, 2.24) is 0 Å².